The molecule has 2 heterocycles. The Morgan fingerprint density at radius 1 is 1.15 bits per heavy atom. The van der Waals surface area contributed by atoms with Gasteiger partial charge in [0, 0.05) is 12.8 Å². The van der Waals surface area contributed by atoms with Crippen molar-refractivity contribution >= 4 is 11.8 Å². The highest BCUT2D eigenvalue weighted by molar-refractivity contribution is 5.97. The summed E-state index contributed by atoms with van der Waals surface area (Å²) >= 11 is 0. The Morgan fingerprint density at radius 3 is 2.38 bits per heavy atom. The predicted octanol–water partition coefficient (Wildman–Crippen LogP) is 0.235. The Morgan fingerprint density at radius 2 is 1.85 bits per heavy atom. The van der Waals surface area contributed by atoms with Gasteiger partial charge in [-0.25, -0.2) is 0 Å². The van der Waals surface area contributed by atoms with Crippen LogP contribution >= 0.6 is 0 Å². The molecule has 4 heteroatoms. The minimum Gasteiger partial charge on any atom is -0.297 e. The van der Waals surface area contributed by atoms with Crippen molar-refractivity contribution in [2.24, 2.45) is 0 Å². The minimum absolute atomic E-state index is 0.00403. The number of rotatable bonds is 1. The molecule has 2 aliphatic heterocycles. The fourth-order valence-corrected chi connectivity index (χ4v) is 2.00. The summed E-state index contributed by atoms with van der Waals surface area (Å²) in [5.74, 6) is -0.00806. The molecule has 2 saturated heterocycles. The number of hydrogen-bond donors (Lipinski definition) is 1. The fourth-order valence-electron chi connectivity index (χ4n) is 2.00. The van der Waals surface area contributed by atoms with Crippen LogP contribution in [0.3, 0.4) is 0 Å². The molecular weight excluding hydrogens is 168 g/mol. The Labute approximate surface area is 77.3 Å². The number of likely N-dealkylation sites (tertiary alicyclic amines) is 1. The lowest BCUT2D eigenvalue weighted by Gasteiger charge is -2.30. The Balaban J connectivity index is 2.08. The molecule has 0 bridgehead atoms. The lowest BCUT2D eigenvalue weighted by atomic mass is 10.1. The van der Waals surface area contributed by atoms with E-state index < -0.39 is 0 Å². The van der Waals surface area contributed by atoms with Gasteiger partial charge in [-0.1, -0.05) is 0 Å². The zero-order chi connectivity index (χ0) is 9.26. The van der Waals surface area contributed by atoms with Gasteiger partial charge in [0.05, 0.1) is 6.17 Å². The van der Waals surface area contributed by atoms with Crippen molar-refractivity contribution in [2.45, 2.75) is 38.3 Å². The van der Waals surface area contributed by atoms with Gasteiger partial charge < -0.3 is 0 Å². The lowest BCUT2D eigenvalue weighted by molar-refractivity contribution is -0.151. The van der Waals surface area contributed by atoms with Crippen LogP contribution in [0.4, 0.5) is 0 Å². The van der Waals surface area contributed by atoms with E-state index in [-0.39, 0.29) is 18.0 Å². The molecule has 0 aromatic carbocycles. The summed E-state index contributed by atoms with van der Waals surface area (Å²) in [5.41, 5.74) is 0. The third-order valence-corrected chi connectivity index (χ3v) is 2.66. The second kappa shape index (κ2) is 3.46. The van der Waals surface area contributed by atoms with Crippen molar-refractivity contribution < 1.29 is 9.59 Å². The number of amides is 2. The molecule has 13 heavy (non-hydrogen) atoms. The first-order valence-corrected chi connectivity index (χ1v) is 4.87. The zero-order valence-electron chi connectivity index (χ0n) is 7.58. The van der Waals surface area contributed by atoms with Crippen LogP contribution in [-0.4, -0.2) is 29.4 Å². The Kier molecular flexibility index (Phi) is 2.31. The summed E-state index contributed by atoms with van der Waals surface area (Å²) in [4.78, 5) is 24.3. The van der Waals surface area contributed by atoms with Gasteiger partial charge in [0.15, 0.2) is 0 Å². The van der Waals surface area contributed by atoms with Crippen LogP contribution in [0.25, 0.3) is 0 Å². The smallest absolute Gasteiger partial charge is 0.230 e. The first kappa shape index (κ1) is 8.69. The maximum absolute atomic E-state index is 11.5. The van der Waals surface area contributed by atoms with Crippen molar-refractivity contribution in [3.8, 4) is 0 Å². The van der Waals surface area contributed by atoms with E-state index in [0.717, 1.165) is 25.8 Å². The zero-order valence-corrected chi connectivity index (χ0v) is 7.58. The molecule has 2 amide bonds. The molecule has 2 fully saturated rings. The van der Waals surface area contributed by atoms with Crippen molar-refractivity contribution in [3.63, 3.8) is 0 Å². The molecule has 1 unspecified atom stereocenters. The third kappa shape index (κ3) is 1.58. The summed E-state index contributed by atoms with van der Waals surface area (Å²) in [5, 5.41) is 3.17. The predicted molar refractivity (Wildman–Crippen MR) is 46.7 cm³/mol. The molecule has 0 aromatic rings. The first-order chi connectivity index (χ1) is 6.29. The van der Waals surface area contributed by atoms with Gasteiger partial charge in [-0.3, -0.25) is 19.8 Å². The summed E-state index contributed by atoms with van der Waals surface area (Å²) < 4.78 is 0. The molecule has 2 aliphatic rings. The van der Waals surface area contributed by atoms with Crippen LogP contribution in [0.15, 0.2) is 0 Å². The van der Waals surface area contributed by atoms with Crippen LogP contribution in [0.2, 0.25) is 0 Å². The molecule has 2 rings (SSSR count). The summed E-state index contributed by atoms with van der Waals surface area (Å²) in [6.07, 6.45) is 3.74. The summed E-state index contributed by atoms with van der Waals surface area (Å²) in [6, 6.07) is 0. The van der Waals surface area contributed by atoms with Crippen molar-refractivity contribution in [1.82, 2.24) is 10.2 Å². The van der Waals surface area contributed by atoms with Gasteiger partial charge in [0.25, 0.3) is 0 Å². The van der Waals surface area contributed by atoms with E-state index in [9.17, 15) is 9.59 Å². The van der Waals surface area contributed by atoms with E-state index in [4.69, 9.17) is 0 Å². The SMILES string of the molecule is O=C1CCCC(=O)N1C1CCCN1. The van der Waals surface area contributed by atoms with Crippen molar-refractivity contribution in [3.05, 3.63) is 0 Å². The van der Waals surface area contributed by atoms with E-state index in [1.165, 1.54) is 4.90 Å². The maximum Gasteiger partial charge on any atom is 0.230 e. The summed E-state index contributed by atoms with van der Waals surface area (Å²) in [6.45, 7) is 0.918. The molecule has 0 spiro atoms. The van der Waals surface area contributed by atoms with E-state index in [2.05, 4.69) is 5.32 Å². The quantitative estimate of drug-likeness (QED) is 0.591. The third-order valence-electron chi connectivity index (χ3n) is 2.66. The standard InChI is InChI=1S/C9H14N2O2/c12-8-4-1-5-9(13)11(8)7-3-2-6-10-7/h7,10H,1-6H2. The average molecular weight is 182 g/mol. The molecule has 4 nitrogen and oxygen atoms in total. The molecule has 0 aromatic heterocycles. The van der Waals surface area contributed by atoms with E-state index in [1.54, 1.807) is 0 Å². The number of nitrogens with one attached hydrogen (secondary N) is 1. The Bertz CT molecular complexity index is 218. The summed E-state index contributed by atoms with van der Waals surface area (Å²) in [7, 11) is 0. The molecule has 0 radical (unpaired) electrons. The topological polar surface area (TPSA) is 49.4 Å². The molecule has 72 valence electrons. The number of carbonyl (C=O) groups is 2. The highest BCUT2D eigenvalue weighted by Crippen LogP contribution is 2.18. The van der Waals surface area contributed by atoms with Gasteiger partial charge in [-0.05, 0) is 25.8 Å². The number of imide groups is 1. The second-order valence-electron chi connectivity index (χ2n) is 3.62. The number of nitrogens with zero attached hydrogens (tertiary/aromatic N) is 1. The largest absolute Gasteiger partial charge is 0.297 e. The molecule has 0 saturated carbocycles. The van der Waals surface area contributed by atoms with E-state index in [1.807, 2.05) is 0 Å². The van der Waals surface area contributed by atoms with Gasteiger partial charge >= 0.3 is 0 Å². The molecule has 1 atom stereocenters. The van der Waals surface area contributed by atoms with Crippen LogP contribution in [0, 0.1) is 0 Å². The highest BCUT2D eigenvalue weighted by atomic mass is 16.2. The first-order valence-electron chi connectivity index (χ1n) is 4.87. The van der Waals surface area contributed by atoms with Crippen LogP contribution in [0.1, 0.15) is 32.1 Å². The number of carbonyl (C=O) groups excluding carboxylic acids is 2. The van der Waals surface area contributed by atoms with Gasteiger partial charge in [0.1, 0.15) is 0 Å². The molecule has 0 aliphatic carbocycles. The van der Waals surface area contributed by atoms with Gasteiger partial charge in [-0.15, -0.1) is 0 Å². The van der Waals surface area contributed by atoms with Crippen LogP contribution in [-0.2, 0) is 9.59 Å². The van der Waals surface area contributed by atoms with Crippen LogP contribution < -0.4 is 5.32 Å². The highest BCUT2D eigenvalue weighted by Gasteiger charge is 2.33. The molecular formula is C9H14N2O2. The van der Waals surface area contributed by atoms with Gasteiger partial charge in [-0.2, -0.15) is 0 Å². The van der Waals surface area contributed by atoms with Gasteiger partial charge in [0.2, 0.25) is 11.8 Å². The van der Waals surface area contributed by atoms with Crippen molar-refractivity contribution in [1.29, 1.82) is 0 Å². The number of piperidine rings is 1. The second-order valence-corrected chi connectivity index (χ2v) is 3.62. The van der Waals surface area contributed by atoms with Crippen molar-refractivity contribution in [2.75, 3.05) is 6.54 Å². The normalized spacial score (nSPS) is 29.8. The lowest BCUT2D eigenvalue weighted by Crippen LogP contribution is -2.50. The average Bonchev–Trinajstić information content (AvgIpc) is 2.57. The molecule has 1 N–H and O–H groups in total. The van der Waals surface area contributed by atoms with E-state index >= 15 is 0 Å². The minimum atomic E-state index is -0.0136. The van der Waals surface area contributed by atoms with E-state index in [0.29, 0.717) is 12.8 Å². The maximum atomic E-state index is 11.5. The number of hydrogen-bond acceptors (Lipinski definition) is 3. The fraction of sp³-hybridized carbons (Fsp3) is 0.778. The van der Waals surface area contributed by atoms with Crippen LogP contribution in [0.5, 0.6) is 0 Å². The monoisotopic (exact) mass is 182 g/mol. The Hall–Kier alpha value is -0.900.